The monoisotopic (exact) mass is 400 g/mol. The number of amides is 2. The molecule has 0 fully saturated rings. The summed E-state index contributed by atoms with van der Waals surface area (Å²) in [6.45, 7) is -0.549. The molecule has 144 valence electrons. The highest BCUT2D eigenvalue weighted by molar-refractivity contribution is 8.00. The standard InChI is InChI=1S/C19H16N2O6S/c20-17(23)10-28-16-4-2-1-3-12(16)19(25)27-8-14(22)11-5-6-15-13(7-11)21-18(24)9-26-15/h1-7H,8-10H2,(H2,20,23)(H,21,24). The lowest BCUT2D eigenvalue weighted by atomic mass is 10.1. The van der Waals surface area contributed by atoms with E-state index < -0.39 is 24.3 Å². The van der Waals surface area contributed by atoms with Gasteiger partial charge in [-0.15, -0.1) is 11.8 Å². The Kier molecular flexibility index (Phi) is 5.95. The fourth-order valence-electron chi connectivity index (χ4n) is 2.46. The van der Waals surface area contributed by atoms with Crippen LogP contribution in [-0.4, -0.2) is 42.5 Å². The summed E-state index contributed by atoms with van der Waals surface area (Å²) in [6.07, 6.45) is 0. The van der Waals surface area contributed by atoms with Gasteiger partial charge in [-0.05, 0) is 30.3 Å². The smallest absolute Gasteiger partial charge is 0.339 e. The van der Waals surface area contributed by atoms with Gasteiger partial charge in [0.25, 0.3) is 5.91 Å². The summed E-state index contributed by atoms with van der Waals surface area (Å²) in [4.78, 5) is 47.6. The van der Waals surface area contributed by atoms with Crippen molar-refractivity contribution in [1.82, 2.24) is 0 Å². The zero-order chi connectivity index (χ0) is 20.1. The highest BCUT2D eigenvalue weighted by atomic mass is 32.2. The zero-order valence-corrected chi connectivity index (χ0v) is 15.4. The number of hydrogen-bond acceptors (Lipinski definition) is 7. The third-order valence-electron chi connectivity index (χ3n) is 3.75. The second kappa shape index (κ2) is 8.57. The van der Waals surface area contributed by atoms with E-state index >= 15 is 0 Å². The van der Waals surface area contributed by atoms with Gasteiger partial charge in [0.15, 0.2) is 19.0 Å². The van der Waals surface area contributed by atoms with Crippen LogP contribution in [0.5, 0.6) is 5.75 Å². The number of ketones is 1. The number of carbonyl (C=O) groups is 4. The van der Waals surface area contributed by atoms with Crippen LogP contribution >= 0.6 is 11.8 Å². The van der Waals surface area contributed by atoms with E-state index in [1.165, 1.54) is 12.1 Å². The molecule has 0 radical (unpaired) electrons. The number of thioether (sulfide) groups is 1. The van der Waals surface area contributed by atoms with E-state index in [0.717, 1.165) is 11.8 Å². The predicted molar refractivity (Wildman–Crippen MR) is 102 cm³/mol. The molecule has 2 aromatic carbocycles. The highest BCUT2D eigenvalue weighted by Gasteiger charge is 2.19. The number of ether oxygens (including phenoxy) is 2. The maximum atomic E-state index is 12.4. The fraction of sp³-hybridized carbons (Fsp3) is 0.158. The van der Waals surface area contributed by atoms with Crippen molar-refractivity contribution in [3.8, 4) is 5.75 Å². The van der Waals surface area contributed by atoms with E-state index in [2.05, 4.69) is 5.32 Å². The molecule has 9 heteroatoms. The summed E-state index contributed by atoms with van der Waals surface area (Å²) < 4.78 is 10.4. The molecule has 28 heavy (non-hydrogen) atoms. The van der Waals surface area contributed by atoms with Crippen LogP contribution in [-0.2, 0) is 14.3 Å². The van der Waals surface area contributed by atoms with Crippen molar-refractivity contribution in [1.29, 1.82) is 0 Å². The number of fused-ring (bicyclic) bond motifs is 1. The van der Waals surface area contributed by atoms with E-state index in [1.54, 1.807) is 30.3 Å². The average Bonchev–Trinajstić information content (AvgIpc) is 2.69. The SMILES string of the molecule is NC(=O)CSc1ccccc1C(=O)OCC(=O)c1ccc2c(c1)NC(=O)CO2. The molecule has 8 nitrogen and oxygen atoms in total. The topological polar surface area (TPSA) is 125 Å². The first-order chi connectivity index (χ1) is 13.4. The number of carbonyl (C=O) groups excluding carboxylic acids is 4. The van der Waals surface area contributed by atoms with Crippen LogP contribution in [0.25, 0.3) is 0 Å². The van der Waals surface area contributed by atoms with Gasteiger partial charge >= 0.3 is 5.97 Å². The lowest BCUT2D eigenvalue weighted by Gasteiger charge is -2.18. The third-order valence-corrected chi connectivity index (χ3v) is 4.84. The molecule has 3 N–H and O–H groups in total. The normalized spacial score (nSPS) is 12.4. The van der Waals surface area contributed by atoms with E-state index in [4.69, 9.17) is 15.2 Å². The van der Waals surface area contributed by atoms with Crippen LogP contribution in [0.15, 0.2) is 47.4 Å². The van der Waals surface area contributed by atoms with Crippen molar-refractivity contribution in [2.45, 2.75) is 4.90 Å². The van der Waals surface area contributed by atoms with Crippen LogP contribution < -0.4 is 15.8 Å². The molecular formula is C19H16N2O6S. The molecule has 0 atom stereocenters. The molecule has 0 saturated heterocycles. The summed E-state index contributed by atoms with van der Waals surface area (Å²) >= 11 is 1.12. The van der Waals surface area contributed by atoms with Gasteiger partial charge in [0.2, 0.25) is 5.91 Å². The zero-order valence-electron chi connectivity index (χ0n) is 14.6. The summed E-state index contributed by atoms with van der Waals surface area (Å²) in [5, 5.41) is 2.61. The van der Waals surface area contributed by atoms with Gasteiger partial charge in [-0.1, -0.05) is 12.1 Å². The molecule has 1 aliphatic heterocycles. The van der Waals surface area contributed by atoms with Gasteiger partial charge in [0.05, 0.1) is 17.0 Å². The number of hydrogen-bond donors (Lipinski definition) is 2. The van der Waals surface area contributed by atoms with Crippen molar-refractivity contribution < 1.29 is 28.7 Å². The van der Waals surface area contributed by atoms with E-state index in [0.29, 0.717) is 16.3 Å². The molecule has 3 rings (SSSR count). The minimum absolute atomic E-state index is 0.0200. The molecule has 0 aliphatic carbocycles. The molecule has 0 aromatic heterocycles. The van der Waals surface area contributed by atoms with Gasteiger partial charge < -0.3 is 20.5 Å². The first-order valence-electron chi connectivity index (χ1n) is 8.21. The third kappa shape index (κ3) is 4.68. The Morgan fingerprint density at radius 1 is 1.18 bits per heavy atom. The summed E-state index contributed by atoms with van der Waals surface area (Å²) in [5.74, 6) is -1.45. The van der Waals surface area contributed by atoms with Gasteiger partial charge in [0, 0.05) is 10.5 Å². The first-order valence-corrected chi connectivity index (χ1v) is 9.20. The molecule has 0 spiro atoms. The lowest BCUT2D eigenvalue weighted by molar-refractivity contribution is -0.118. The van der Waals surface area contributed by atoms with Gasteiger partial charge in [-0.3, -0.25) is 14.4 Å². The minimum atomic E-state index is -0.685. The Morgan fingerprint density at radius 3 is 2.75 bits per heavy atom. The first kappa shape index (κ1) is 19.4. The highest BCUT2D eigenvalue weighted by Crippen LogP contribution is 2.28. The van der Waals surface area contributed by atoms with Gasteiger partial charge in [-0.2, -0.15) is 0 Å². The van der Waals surface area contributed by atoms with E-state index in [9.17, 15) is 19.2 Å². The lowest BCUT2D eigenvalue weighted by Crippen LogP contribution is -2.25. The van der Waals surface area contributed by atoms with Gasteiger partial charge in [-0.25, -0.2) is 4.79 Å². The second-order valence-corrected chi connectivity index (χ2v) is 6.82. The Balaban J connectivity index is 1.65. The molecule has 0 unspecified atom stereocenters. The number of nitrogens with two attached hydrogens (primary N) is 1. The molecule has 1 aliphatic rings. The van der Waals surface area contributed by atoms with Crippen LogP contribution in [0, 0.1) is 0 Å². The van der Waals surface area contributed by atoms with Crippen LogP contribution in [0.2, 0.25) is 0 Å². The Bertz CT molecular complexity index is 959. The van der Waals surface area contributed by atoms with Gasteiger partial charge in [0.1, 0.15) is 5.75 Å². The molecule has 0 bridgehead atoms. The van der Waals surface area contributed by atoms with Crippen LogP contribution in [0.3, 0.4) is 0 Å². The molecule has 0 saturated carbocycles. The van der Waals surface area contributed by atoms with Crippen molar-refractivity contribution in [3.05, 3.63) is 53.6 Å². The molecule has 2 aromatic rings. The average molecular weight is 400 g/mol. The van der Waals surface area contributed by atoms with E-state index in [1.807, 2.05) is 0 Å². The van der Waals surface area contributed by atoms with Crippen molar-refractivity contribution >= 4 is 41.0 Å². The van der Waals surface area contributed by atoms with Crippen LogP contribution in [0.4, 0.5) is 5.69 Å². The largest absolute Gasteiger partial charge is 0.482 e. The summed E-state index contributed by atoms with van der Waals surface area (Å²) in [5.41, 5.74) is 6.04. The quantitative estimate of drug-likeness (QED) is 0.411. The molecular weight excluding hydrogens is 384 g/mol. The van der Waals surface area contributed by atoms with Crippen molar-refractivity contribution in [2.75, 3.05) is 24.3 Å². The summed E-state index contributed by atoms with van der Waals surface area (Å²) in [7, 11) is 0. The molecule has 1 heterocycles. The number of anilines is 1. The van der Waals surface area contributed by atoms with Crippen molar-refractivity contribution in [2.24, 2.45) is 5.73 Å². The maximum Gasteiger partial charge on any atom is 0.339 e. The Hall–Kier alpha value is -3.33. The van der Waals surface area contributed by atoms with Crippen molar-refractivity contribution in [3.63, 3.8) is 0 Å². The van der Waals surface area contributed by atoms with E-state index in [-0.39, 0.29) is 29.4 Å². The number of Topliss-reactive ketones (excluding diaryl/α,β-unsaturated/α-hetero) is 1. The predicted octanol–water partition coefficient (Wildman–Crippen LogP) is 1.63. The fourth-order valence-corrected chi connectivity index (χ4v) is 3.24. The summed E-state index contributed by atoms with van der Waals surface area (Å²) in [6, 6.07) is 11.1. The second-order valence-electron chi connectivity index (χ2n) is 5.80. The molecule has 2 amide bonds. The number of esters is 1. The Morgan fingerprint density at radius 2 is 1.96 bits per heavy atom. The number of rotatable bonds is 7. The minimum Gasteiger partial charge on any atom is -0.482 e. The van der Waals surface area contributed by atoms with Crippen LogP contribution in [0.1, 0.15) is 20.7 Å². The number of nitrogens with one attached hydrogen (secondary N) is 1. The maximum absolute atomic E-state index is 12.4. The number of primary amides is 1. The number of benzene rings is 2. The Labute approximate surface area is 164 Å².